The average molecular weight is 306 g/mol. The Balaban J connectivity index is 1.89. The minimum Gasteiger partial charge on any atom is -0.496 e. The Labute approximate surface area is 132 Å². The van der Waals surface area contributed by atoms with Crippen molar-refractivity contribution in [1.29, 1.82) is 0 Å². The van der Waals surface area contributed by atoms with Crippen LogP contribution in [0.1, 0.15) is 31.7 Å². The van der Waals surface area contributed by atoms with Crippen molar-refractivity contribution in [2.75, 3.05) is 20.3 Å². The third-order valence-corrected chi connectivity index (χ3v) is 4.40. The summed E-state index contributed by atoms with van der Waals surface area (Å²) in [5, 5.41) is 12.4. The zero-order valence-corrected chi connectivity index (χ0v) is 13.4. The maximum absolute atomic E-state index is 12.2. The maximum Gasteiger partial charge on any atom is 0.234 e. The van der Waals surface area contributed by atoms with Gasteiger partial charge in [0.1, 0.15) is 5.75 Å². The van der Waals surface area contributed by atoms with E-state index in [2.05, 4.69) is 17.1 Å². The molecule has 0 aromatic heterocycles. The Morgan fingerprint density at radius 3 is 2.91 bits per heavy atom. The third-order valence-electron chi connectivity index (χ3n) is 4.40. The molecule has 2 atom stereocenters. The van der Waals surface area contributed by atoms with Crippen LogP contribution in [0.3, 0.4) is 0 Å². The number of amides is 1. The number of carbonyl (C=O) groups excluding carboxylic acids is 1. The fourth-order valence-electron chi connectivity index (χ4n) is 3.09. The van der Waals surface area contributed by atoms with Gasteiger partial charge in [0.15, 0.2) is 0 Å². The van der Waals surface area contributed by atoms with Gasteiger partial charge >= 0.3 is 0 Å². The number of nitrogens with one attached hydrogen (secondary N) is 1. The standard InChI is InChI=1S/C17H26N2O3/c1-13-6-5-8-15(12-20)19(13)11-17(21)18-10-14-7-3-4-9-16(14)22-2/h3-4,7,9,13,15,20H,5-6,8,10-12H2,1-2H3,(H,18,21)/t13-,15+/m1/s1. The molecule has 1 aromatic carbocycles. The number of ether oxygens (including phenoxy) is 1. The summed E-state index contributed by atoms with van der Waals surface area (Å²) in [6.07, 6.45) is 3.16. The largest absolute Gasteiger partial charge is 0.496 e. The Morgan fingerprint density at radius 1 is 1.41 bits per heavy atom. The van der Waals surface area contributed by atoms with Crippen LogP contribution < -0.4 is 10.1 Å². The van der Waals surface area contributed by atoms with E-state index in [1.54, 1.807) is 7.11 Å². The Bertz CT molecular complexity index is 493. The summed E-state index contributed by atoms with van der Waals surface area (Å²) >= 11 is 0. The van der Waals surface area contributed by atoms with E-state index in [-0.39, 0.29) is 18.6 Å². The fraction of sp³-hybridized carbons (Fsp3) is 0.588. The molecule has 5 heteroatoms. The first kappa shape index (κ1) is 16.8. The van der Waals surface area contributed by atoms with E-state index in [1.807, 2.05) is 24.3 Å². The number of nitrogens with zero attached hydrogens (tertiary/aromatic N) is 1. The van der Waals surface area contributed by atoms with Crippen LogP contribution in [0, 0.1) is 0 Å². The van der Waals surface area contributed by atoms with Gasteiger partial charge in [-0.1, -0.05) is 24.6 Å². The Hall–Kier alpha value is -1.59. The summed E-state index contributed by atoms with van der Waals surface area (Å²) < 4.78 is 5.28. The molecule has 1 aliphatic heterocycles. The smallest absolute Gasteiger partial charge is 0.234 e. The molecule has 0 bridgehead atoms. The molecule has 1 aliphatic rings. The van der Waals surface area contributed by atoms with E-state index in [9.17, 15) is 9.90 Å². The van der Waals surface area contributed by atoms with Gasteiger partial charge in [-0.3, -0.25) is 9.69 Å². The van der Waals surface area contributed by atoms with E-state index in [0.717, 1.165) is 30.6 Å². The number of rotatable bonds is 6. The van der Waals surface area contributed by atoms with E-state index < -0.39 is 0 Å². The topological polar surface area (TPSA) is 61.8 Å². The van der Waals surface area contributed by atoms with Gasteiger partial charge in [-0.15, -0.1) is 0 Å². The summed E-state index contributed by atoms with van der Waals surface area (Å²) in [5.41, 5.74) is 0.962. The first-order valence-corrected chi connectivity index (χ1v) is 7.91. The predicted octanol–water partition coefficient (Wildman–Crippen LogP) is 1.55. The minimum absolute atomic E-state index is 0.0156. The summed E-state index contributed by atoms with van der Waals surface area (Å²) in [6, 6.07) is 8.10. The van der Waals surface area contributed by atoms with Crippen LogP contribution in [0.4, 0.5) is 0 Å². The molecule has 2 N–H and O–H groups in total. The SMILES string of the molecule is COc1ccccc1CNC(=O)CN1[C@H](CO)CCC[C@H]1C. The van der Waals surface area contributed by atoms with Crippen molar-refractivity contribution in [3.05, 3.63) is 29.8 Å². The van der Waals surface area contributed by atoms with Gasteiger partial charge in [-0.2, -0.15) is 0 Å². The van der Waals surface area contributed by atoms with Crippen LogP contribution in [-0.4, -0.2) is 48.3 Å². The van der Waals surface area contributed by atoms with Crippen LogP contribution in [0.5, 0.6) is 5.75 Å². The lowest BCUT2D eigenvalue weighted by Gasteiger charge is -2.39. The minimum atomic E-state index is -0.0156. The molecule has 0 spiro atoms. The highest BCUT2D eigenvalue weighted by molar-refractivity contribution is 5.78. The second-order valence-electron chi connectivity index (χ2n) is 5.88. The number of aliphatic hydroxyl groups is 1. The number of methoxy groups -OCH3 is 1. The lowest BCUT2D eigenvalue weighted by atomic mass is 9.97. The summed E-state index contributed by atoms with van der Waals surface area (Å²) in [6.45, 7) is 3.02. The zero-order chi connectivity index (χ0) is 15.9. The van der Waals surface area contributed by atoms with Crippen LogP contribution >= 0.6 is 0 Å². The van der Waals surface area contributed by atoms with E-state index >= 15 is 0 Å². The number of aliphatic hydroxyl groups excluding tert-OH is 1. The van der Waals surface area contributed by atoms with Crippen molar-refractivity contribution < 1.29 is 14.6 Å². The van der Waals surface area contributed by atoms with Crippen molar-refractivity contribution in [2.45, 2.75) is 44.8 Å². The Morgan fingerprint density at radius 2 is 2.18 bits per heavy atom. The number of likely N-dealkylation sites (tertiary alicyclic amines) is 1. The lowest BCUT2D eigenvalue weighted by Crippen LogP contribution is -2.51. The van der Waals surface area contributed by atoms with Crippen molar-refractivity contribution in [3.8, 4) is 5.75 Å². The van der Waals surface area contributed by atoms with Gasteiger partial charge in [0, 0.05) is 24.2 Å². The fourth-order valence-corrected chi connectivity index (χ4v) is 3.09. The average Bonchev–Trinajstić information content (AvgIpc) is 2.55. The van der Waals surface area contributed by atoms with Gasteiger partial charge in [0.2, 0.25) is 5.91 Å². The highest BCUT2D eigenvalue weighted by Crippen LogP contribution is 2.22. The number of carbonyl (C=O) groups is 1. The summed E-state index contributed by atoms with van der Waals surface area (Å²) in [4.78, 5) is 14.3. The lowest BCUT2D eigenvalue weighted by molar-refractivity contribution is -0.124. The van der Waals surface area contributed by atoms with Crippen LogP contribution in [0.25, 0.3) is 0 Å². The quantitative estimate of drug-likeness (QED) is 0.837. The number of piperidine rings is 1. The summed E-state index contributed by atoms with van der Waals surface area (Å²) in [5.74, 6) is 0.764. The molecule has 2 rings (SSSR count). The van der Waals surface area contributed by atoms with Crippen LogP contribution in [0.15, 0.2) is 24.3 Å². The highest BCUT2D eigenvalue weighted by atomic mass is 16.5. The number of hydrogen-bond acceptors (Lipinski definition) is 4. The monoisotopic (exact) mass is 306 g/mol. The molecule has 0 unspecified atom stereocenters. The van der Waals surface area contributed by atoms with Crippen molar-refractivity contribution in [1.82, 2.24) is 10.2 Å². The second-order valence-corrected chi connectivity index (χ2v) is 5.88. The number of para-hydroxylation sites is 1. The molecule has 0 saturated carbocycles. The summed E-state index contributed by atoms with van der Waals surface area (Å²) in [7, 11) is 1.63. The molecule has 0 radical (unpaired) electrons. The van der Waals surface area contributed by atoms with Gasteiger partial charge < -0.3 is 15.2 Å². The molecular weight excluding hydrogens is 280 g/mol. The van der Waals surface area contributed by atoms with Gasteiger partial charge in [-0.25, -0.2) is 0 Å². The third kappa shape index (κ3) is 4.21. The normalized spacial score (nSPS) is 22.3. The highest BCUT2D eigenvalue weighted by Gasteiger charge is 2.28. The molecule has 1 amide bonds. The molecule has 22 heavy (non-hydrogen) atoms. The van der Waals surface area contributed by atoms with Crippen LogP contribution in [0.2, 0.25) is 0 Å². The van der Waals surface area contributed by atoms with Gasteiger partial charge in [0.25, 0.3) is 0 Å². The molecule has 1 aromatic rings. The van der Waals surface area contributed by atoms with Crippen LogP contribution in [-0.2, 0) is 11.3 Å². The van der Waals surface area contributed by atoms with E-state index in [4.69, 9.17) is 4.74 Å². The maximum atomic E-state index is 12.2. The van der Waals surface area contributed by atoms with E-state index in [0.29, 0.717) is 19.1 Å². The first-order valence-electron chi connectivity index (χ1n) is 7.91. The molecule has 122 valence electrons. The van der Waals surface area contributed by atoms with Gasteiger partial charge in [0.05, 0.1) is 20.3 Å². The van der Waals surface area contributed by atoms with Gasteiger partial charge in [-0.05, 0) is 25.8 Å². The molecule has 1 heterocycles. The first-order chi connectivity index (χ1) is 10.7. The van der Waals surface area contributed by atoms with Crippen molar-refractivity contribution >= 4 is 5.91 Å². The zero-order valence-electron chi connectivity index (χ0n) is 13.4. The van der Waals surface area contributed by atoms with E-state index in [1.165, 1.54) is 0 Å². The predicted molar refractivity (Wildman–Crippen MR) is 85.7 cm³/mol. The Kier molecular flexibility index (Phi) is 6.21. The number of hydrogen-bond donors (Lipinski definition) is 2. The molecule has 1 saturated heterocycles. The molecular formula is C17H26N2O3. The van der Waals surface area contributed by atoms with Crippen molar-refractivity contribution in [3.63, 3.8) is 0 Å². The second kappa shape index (κ2) is 8.15. The van der Waals surface area contributed by atoms with Crippen molar-refractivity contribution in [2.24, 2.45) is 0 Å². The molecule has 0 aliphatic carbocycles. The molecule has 5 nitrogen and oxygen atoms in total. The number of benzene rings is 1. The molecule has 1 fully saturated rings.